The maximum Gasteiger partial charge on any atom is 0.311 e. The number of aromatic nitrogens is 1. The Bertz CT molecular complexity index is 644. The van der Waals surface area contributed by atoms with E-state index in [9.17, 15) is 10.1 Å². The average molecular weight is 323 g/mol. The Hall–Kier alpha value is -1.95. The van der Waals surface area contributed by atoms with Gasteiger partial charge >= 0.3 is 5.69 Å². The monoisotopic (exact) mass is 322 g/mol. The summed E-state index contributed by atoms with van der Waals surface area (Å²) in [6, 6.07) is 8.23. The molecule has 2 aromatic rings. The van der Waals surface area contributed by atoms with Crippen LogP contribution < -0.4 is 4.74 Å². The van der Waals surface area contributed by atoms with E-state index in [1.54, 1.807) is 24.3 Å². The Morgan fingerprint density at radius 3 is 2.58 bits per heavy atom. The highest BCUT2D eigenvalue weighted by Crippen LogP contribution is 2.34. The van der Waals surface area contributed by atoms with Crippen molar-refractivity contribution in [2.24, 2.45) is 0 Å². The molecule has 0 saturated carbocycles. The van der Waals surface area contributed by atoms with Crippen molar-refractivity contribution in [1.82, 2.24) is 4.98 Å². The molecular weight excluding hydrogens is 312 g/mol. The Labute approximate surface area is 118 Å². The highest BCUT2D eigenvalue weighted by Gasteiger charge is 2.17. The summed E-state index contributed by atoms with van der Waals surface area (Å²) in [4.78, 5) is 14.7. The molecule has 5 nitrogen and oxygen atoms in total. The predicted octanol–water partition coefficient (Wildman–Crippen LogP) is 4.16. The normalized spacial score (nSPS) is 10.3. The first-order valence-corrected chi connectivity index (χ1v) is 6.32. The van der Waals surface area contributed by atoms with Crippen LogP contribution in [-0.4, -0.2) is 9.91 Å². The molecule has 0 aliphatic carbocycles. The lowest BCUT2D eigenvalue weighted by atomic mass is 10.2. The molecule has 1 heterocycles. The molecule has 0 saturated heterocycles. The van der Waals surface area contributed by atoms with Gasteiger partial charge in [-0.3, -0.25) is 10.1 Å². The number of nitro groups is 1. The third-order valence-corrected chi connectivity index (χ3v) is 3.05. The van der Waals surface area contributed by atoms with E-state index in [4.69, 9.17) is 4.74 Å². The highest BCUT2D eigenvalue weighted by atomic mass is 79.9. The van der Waals surface area contributed by atoms with Gasteiger partial charge in [0.1, 0.15) is 4.60 Å². The van der Waals surface area contributed by atoms with E-state index in [-0.39, 0.29) is 11.4 Å². The van der Waals surface area contributed by atoms with Crippen molar-refractivity contribution >= 4 is 21.6 Å². The van der Waals surface area contributed by atoms with E-state index < -0.39 is 4.92 Å². The fourth-order valence-corrected chi connectivity index (χ4v) is 2.05. The zero-order chi connectivity index (χ0) is 14.0. The second-order valence-corrected chi connectivity index (χ2v) is 4.82. The number of halogens is 1. The lowest BCUT2D eigenvalue weighted by Crippen LogP contribution is -1.95. The SMILES string of the molecule is Cc1ccc([N+](=O)[O-])c(Oc2ccc(C)nc2Br)c1. The van der Waals surface area contributed by atoms with Crippen molar-refractivity contribution in [2.45, 2.75) is 13.8 Å². The van der Waals surface area contributed by atoms with Crippen molar-refractivity contribution in [3.63, 3.8) is 0 Å². The van der Waals surface area contributed by atoms with Gasteiger partial charge in [0.25, 0.3) is 0 Å². The van der Waals surface area contributed by atoms with Crippen LogP contribution in [0.1, 0.15) is 11.3 Å². The first-order chi connectivity index (χ1) is 8.97. The number of hydrogen-bond donors (Lipinski definition) is 0. The molecule has 6 heteroatoms. The molecule has 0 fully saturated rings. The third kappa shape index (κ3) is 3.08. The molecule has 0 N–H and O–H groups in total. The van der Waals surface area contributed by atoms with Crippen molar-refractivity contribution in [3.8, 4) is 11.5 Å². The van der Waals surface area contributed by atoms with Gasteiger partial charge in [-0.1, -0.05) is 6.07 Å². The lowest BCUT2D eigenvalue weighted by molar-refractivity contribution is -0.385. The minimum absolute atomic E-state index is 0.0712. The molecule has 0 bridgehead atoms. The van der Waals surface area contributed by atoms with Crippen molar-refractivity contribution < 1.29 is 9.66 Å². The topological polar surface area (TPSA) is 65.3 Å². The maximum atomic E-state index is 11.0. The van der Waals surface area contributed by atoms with Gasteiger partial charge in [-0.05, 0) is 53.5 Å². The van der Waals surface area contributed by atoms with E-state index in [0.717, 1.165) is 11.3 Å². The smallest absolute Gasteiger partial charge is 0.311 e. The van der Waals surface area contributed by atoms with E-state index >= 15 is 0 Å². The first-order valence-electron chi connectivity index (χ1n) is 5.53. The van der Waals surface area contributed by atoms with Crippen molar-refractivity contribution in [2.75, 3.05) is 0 Å². The van der Waals surface area contributed by atoms with Crippen molar-refractivity contribution in [3.05, 3.63) is 56.3 Å². The molecule has 0 atom stereocenters. The number of nitro benzene ring substituents is 1. The zero-order valence-electron chi connectivity index (χ0n) is 10.4. The zero-order valence-corrected chi connectivity index (χ0v) is 12.0. The maximum absolute atomic E-state index is 11.0. The van der Waals surface area contributed by atoms with Crippen LogP contribution >= 0.6 is 15.9 Å². The van der Waals surface area contributed by atoms with Crippen LogP contribution in [0.5, 0.6) is 11.5 Å². The number of hydrogen-bond acceptors (Lipinski definition) is 4. The van der Waals surface area contributed by atoms with Crippen LogP contribution in [0.25, 0.3) is 0 Å². The molecule has 19 heavy (non-hydrogen) atoms. The summed E-state index contributed by atoms with van der Waals surface area (Å²) < 4.78 is 6.10. The quantitative estimate of drug-likeness (QED) is 0.483. The molecule has 1 aromatic heterocycles. The Morgan fingerprint density at radius 1 is 1.21 bits per heavy atom. The average Bonchev–Trinajstić information content (AvgIpc) is 2.32. The number of pyridine rings is 1. The van der Waals surface area contributed by atoms with Crippen LogP contribution in [0.3, 0.4) is 0 Å². The van der Waals surface area contributed by atoms with Crippen LogP contribution in [0.15, 0.2) is 34.9 Å². The molecule has 1 aromatic carbocycles. The molecule has 0 aliphatic heterocycles. The number of nitrogens with zero attached hydrogens (tertiary/aromatic N) is 2. The van der Waals surface area contributed by atoms with Gasteiger partial charge in [-0.25, -0.2) is 4.98 Å². The van der Waals surface area contributed by atoms with Crippen LogP contribution in [0.2, 0.25) is 0 Å². The summed E-state index contributed by atoms with van der Waals surface area (Å²) in [6.07, 6.45) is 0. The minimum Gasteiger partial charge on any atom is -0.447 e. The second kappa shape index (κ2) is 5.36. The van der Waals surface area contributed by atoms with Gasteiger partial charge in [0.15, 0.2) is 5.75 Å². The molecule has 0 amide bonds. The molecule has 0 aliphatic rings. The van der Waals surface area contributed by atoms with Gasteiger partial charge in [0.05, 0.1) is 4.92 Å². The molecule has 2 rings (SSSR count). The number of rotatable bonds is 3. The fourth-order valence-electron chi connectivity index (χ4n) is 1.56. The molecule has 0 unspecified atom stereocenters. The number of aryl methyl sites for hydroxylation is 2. The summed E-state index contributed by atoms with van der Waals surface area (Å²) >= 11 is 3.28. The standard InChI is InChI=1S/C13H11BrN2O3/c1-8-3-5-10(16(17)18)12(7-8)19-11-6-4-9(2)15-13(11)14/h3-7H,1-2H3. The van der Waals surface area contributed by atoms with E-state index in [1.165, 1.54) is 6.07 Å². The molecule has 0 spiro atoms. The third-order valence-electron chi connectivity index (χ3n) is 2.49. The summed E-state index contributed by atoms with van der Waals surface area (Å²) in [5.41, 5.74) is 1.65. The summed E-state index contributed by atoms with van der Waals surface area (Å²) in [5, 5.41) is 11.0. The van der Waals surface area contributed by atoms with Gasteiger partial charge in [0, 0.05) is 11.8 Å². The molecular formula is C13H11BrN2O3. The Kier molecular flexibility index (Phi) is 3.80. The highest BCUT2D eigenvalue weighted by molar-refractivity contribution is 9.10. The lowest BCUT2D eigenvalue weighted by Gasteiger charge is -2.08. The van der Waals surface area contributed by atoms with Gasteiger partial charge in [-0.2, -0.15) is 0 Å². The number of benzene rings is 1. The van der Waals surface area contributed by atoms with Gasteiger partial charge in [0.2, 0.25) is 5.75 Å². The van der Waals surface area contributed by atoms with Crippen LogP contribution in [-0.2, 0) is 0 Å². The van der Waals surface area contributed by atoms with E-state index in [2.05, 4.69) is 20.9 Å². The predicted molar refractivity (Wildman–Crippen MR) is 74.6 cm³/mol. The summed E-state index contributed by atoms with van der Waals surface area (Å²) in [7, 11) is 0. The fraction of sp³-hybridized carbons (Fsp3) is 0.154. The van der Waals surface area contributed by atoms with E-state index in [1.807, 2.05) is 13.8 Å². The van der Waals surface area contributed by atoms with Crippen LogP contribution in [0, 0.1) is 24.0 Å². The summed E-state index contributed by atoms with van der Waals surface area (Å²) in [5.74, 6) is 0.649. The van der Waals surface area contributed by atoms with Crippen molar-refractivity contribution in [1.29, 1.82) is 0 Å². The van der Waals surface area contributed by atoms with E-state index in [0.29, 0.717) is 10.4 Å². The molecule has 0 radical (unpaired) electrons. The second-order valence-electron chi connectivity index (χ2n) is 4.07. The minimum atomic E-state index is -0.468. The number of ether oxygens (including phenoxy) is 1. The van der Waals surface area contributed by atoms with Gasteiger partial charge in [-0.15, -0.1) is 0 Å². The Balaban J connectivity index is 2.42. The Morgan fingerprint density at radius 2 is 1.95 bits per heavy atom. The largest absolute Gasteiger partial charge is 0.447 e. The first kappa shape index (κ1) is 13.5. The molecule has 98 valence electrons. The van der Waals surface area contributed by atoms with Crippen LogP contribution in [0.4, 0.5) is 5.69 Å². The summed E-state index contributed by atoms with van der Waals surface area (Å²) in [6.45, 7) is 3.70. The van der Waals surface area contributed by atoms with Gasteiger partial charge < -0.3 is 4.74 Å².